The van der Waals surface area contributed by atoms with E-state index in [4.69, 9.17) is 0 Å². The molecule has 0 spiro atoms. The molecule has 5 nitrogen and oxygen atoms in total. The Bertz CT molecular complexity index is 887. The second-order valence-electron chi connectivity index (χ2n) is 5.94. The van der Waals surface area contributed by atoms with Gasteiger partial charge in [0.2, 0.25) is 0 Å². The van der Waals surface area contributed by atoms with Gasteiger partial charge < -0.3 is 4.55 Å². The fraction of sp³-hybridized carbons (Fsp3) is 0.294. The van der Waals surface area contributed by atoms with Gasteiger partial charge in [-0.05, 0) is 36.1 Å². The molecule has 0 saturated heterocycles. The van der Waals surface area contributed by atoms with Crippen LogP contribution >= 0.6 is 0 Å². The molecule has 0 fully saturated rings. The maximum atomic E-state index is 10.9. The van der Waals surface area contributed by atoms with Gasteiger partial charge in [-0.25, -0.2) is 0 Å². The summed E-state index contributed by atoms with van der Waals surface area (Å²) in [6.07, 6.45) is 1.75. The van der Waals surface area contributed by atoms with Gasteiger partial charge in [0.15, 0.2) is 0 Å². The molecule has 1 aromatic carbocycles. The van der Waals surface area contributed by atoms with Crippen molar-refractivity contribution in [2.75, 3.05) is 0 Å². The molecule has 2 heterocycles. The lowest BCUT2D eigenvalue weighted by Gasteiger charge is -2.11. The summed E-state index contributed by atoms with van der Waals surface area (Å²) in [5, 5.41) is 8.49. The van der Waals surface area contributed by atoms with E-state index in [9.17, 15) is 8.76 Å². The maximum absolute atomic E-state index is 10.9. The predicted octanol–water partition coefficient (Wildman–Crippen LogP) is 3.44. The van der Waals surface area contributed by atoms with Crippen molar-refractivity contribution in [1.29, 1.82) is 0 Å². The largest absolute Gasteiger partial charge is 0.772 e. The number of rotatable bonds is 4. The second-order valence-corrected chi connectivity index (χ2v) is 6.83. The Morgan fingerprint density at radius 1 is 1.30 bits per heavy atom. The van der Waals surface area contributed by atoms with E-state index in [0.29, 0.717) is 5.92 Å². The number of hydrogen-bond acceptors (Lipinski definition) is 4. The summed E-state index contributed by atoms with van der Waals surface area (Å²) >= 11 is -2.08. The van der Waals surface area contributed by atoms with Gasteiger partial charge in [-0.2, -0.15) is 5.10 Å². The monoisotopic (exact) mass is 328 g/mol. The average Bonchev–Trinajstić information content (AvgIpc) is 2.93. The molecular weight excluding hydrogens is 310 g/mol. The van der Waals surface area contributed by atoms with Crippen LogP contribution in [0, 0.1) is 6.92 Å². The summed E-state index contributed by atoms with van der Waals surface area (Å²) in [6, 6.07) is 7.66. The SMILES string of the molecule is Cc1cc(-c2nccc3n[nH]c(C(C)C)c23)ccc1CS(=O)[O-]. The normalized spacial score (nSPS) is 12.9. The van der Waals surface area contributed by atoms with E-state index in [1.54, 1.807) is 6.20 Å². The summed E-state index contributed by atoms with van der Waals surface area (Å²) in [5.41, 5.74) is 5.55. The number of aryl methyl sites for hydroxylation is 1. The summed E-state index contributed by atoms with van der Waals surface area (Å²) in [7, 11) is 0. The van der Waals surface area contributed by atoms with E-state index < -0.39 is 11.1 Å². The van der Waals surface area contributed by atoms with Gasteiger partial charge in [0.25, 0.3) is 0 Å². The van der Waals surface area contributed by atoms with Crippen LogP contribution in [-0.2, 0) is 16.8 Å². The van der Waals surface area contributed by atoms with Gasteiger partial charge in [0, 0.05) is 28.6 Å². The molecular formula is C17H18N3O2S-. The van der Waals surface area contributed by atoms with E-state index >= 15 is 0 Å². The lowest BCUT2D eigenvalue weighted by Crippen LogP contribution is -1.97. The second kappa shape index (κ2) is 6.22. The summed E-state index contributed by atoms with van der Waals surface area (Å²) < 4.78 is 21.8. The number of pyridine rings is 1. The molecule has 0 aliphatic rings. The molecule has 2 aromatic heterocycles. The molecule has 120 valence electrons. The van der Waals surface area contributed by atoms with Crippen molar-refractivity contribution in [2.45, 2.75) is 32.4 Å². The first kappa shape index (κ1) is 15.8. The van der Waals surface area contributed by atoms with Crippen molar-refractivity contribution in [3.05, 3.63) is 47.3 Å². The molecule has 1 N–H and O–H groups in total. The van der Waals surface area contributed by atoms with Gasteiger partial charge in [-0.15, -0.1) is 0 Å². The molecule has 6 heteroatoms. The quantitative estimate of drug-likeness (QED) is 0.744. The van der Waals surface area contributed by atoms with E-state index in [1.165, 1.54) is 0 Å². The first-order chi connectivity index (χ1) is 11.0. The third-order valence-electron chi connectivity index (χ3n) is 3.96. The first-order valence-electron chi connectivity index (χ1n) is 7.46. The van der Waals surface area contributed by atoms with Crippen molar-refractivity contribution in [3.63, 3.8) is 0 Å². The van der Waals surface area contributed by atoms with Crippen LogP contribution in [-0.4, -0.2) is 23.9 Å². The van der Waals surface area contributed by atoms with Crippen molar-refractivity contribution >= 4 is 22.0 Å². The number of H-pyrrole nitrogens is 1. The van der Waals surface area contributed by atoms with Crippen LogP contribution in [0.1, 0.15) is 36.6 Å². The number of fused-ring (bicyclic) bond motifs is 1. The van der Waals surface area contributed by atoms with Gasteiger partial charge in [-0.1, -0.05) is 37.1 Å². The molecule has 0 aliphatic heterocycles. The summed E-state index contributed by atoms with van der Waals surface area (Å²) in [5.74, 6) is 0.346. The number of aromatic nitrogens is 3. The Kier molecular flexibility index (Phi) is 4.28. The highest BCUT2D eigenvalue weighted by atomic mass is 32.2. The van der Waals surface area contributed by atoms with Crippen LogP contribution in [0.5, 0.6) is 0 Å². The molecule has 0 saturated carbocycles. The predicted molar refractivity (Wildman–Crippen MR) is 90.8 cm³/mol. The van der Waals surface area contributed by atoms with Crippen LogP contribution in [0.3, 0.4) is 0 Å². The van der Waals surface area contributed by atoms with Crippen LogP contribution in [0.4, 0.5) is 0 Å². The third-order valence-corrected chi connectivity index (χ3v) is 4.51. The van der Waals surface area contributed by atoms with Crippen LogP contribution in [0.2, 0.25) is 0 Å². The molecule has 0 amide bonds. The Labute approximate surface area is 137 Å². The fourth-order valence-corrected chi connectivity index (χ4v) is 3.33. The number of hydrogen-bond donors (Lipinski definition) is 1. The van der Waals surface area contributed by atoms with E-state index in [1.807, 2.05) is 31.2 Å². The molecule has 1 atom stereocenters. The Morgan fingerprint density at radius 3 is 2.74 bits per heavy atom. The minimum absolute atomic E-state index is 0.0344. The number of benzene rings is 1. The molecule has 0 aliphatic carbocycles. The zero-order valence-electron chi connectivity index (χ0n) is 13.3. The number of nitrogens with one attached hydrogen (secondary N) is 1. The highest BCUT2D eigenvalue weighted by Gasteiger charge is 2.15. The molecule has 0 bridgehead atoms. The standard InChI is InChI=1S/C17H19N3O2S/c1-10(2)16-15-14(19-20-16)6-7-18-17(15)12-4-5-13(9-23(21)22)11(3)8-12/h4-8,10H,9H2,1-3H3,(H,19,20)(H,21,22)/p-1. The fourth-order valence-electron chi connectivity index (χ4n) is 2.76. The van der Waals surface area contributed by atoms with Crippen LogP contribution < -0.4 is 0 Å². The van der Waals surface area contributed by atoms with Crippen LogP contribution in [0.15, 0.2) is 30.5 Å². The lowest BCUT2D eigenvalue weighted by molar-refractivity contribution is 0.536. The van der Waals surface area contributed by atoms with Crippen LogP contribution in [0.25, 0.3) is 22.2 Å². The third kappa shape index (κ3) is 3.04. The summed E-state index contributed by atoms with van der Waals surface area (Å²) in [6.45, 7) is 6.15. The Hall–Kier alpha value is -2.05. The minimum atomic E-state index is -2.08. The van der Waals surface area contributed by atoms with Crippen molar-refractivity contribution in [3.8, 4) is 11.3 Å². The minimum Gasteiger partial charge on any atom is -0.772 e. The first-order valence-corrected chi connectivity index (χ1v) is 8.70. The Morgan fingerprint density at radius 2 is 2.09 bits per heavy atom. The zero-order valence-corrected chi connectivity index (χ0v) is 14.1. The van der Waals surface area contributed by atoms with E-state index in [-0.39, 0.29) is 5.75 Å². The molecule has 1 unspecified atom stereocenters. The van der Waals surface area contributed by atoms with Crippen molar-refractivity contribution in [1.82, 2.24) is 15.2 Å². The van der Waals surface area contributed by atoms with Gasteiger partial charge in [0.05, 0.1) is 11.2 Å². The number of aromatic amines is 1. The Balaban J connectivity index is 2.15. The highest BCUT2D eigenvalue weighted by molar-refractivity contribution is 7.78. The molecule has 3 aromatic rings. The van der Waals surface area contributed by atoms with Gasteiger partial charge >= 0.3 is 0 Å². The molecule has 0 radical (unpaired) electrons. The molecule has 23 heavy (non-hydrogen) atoms. The van der Waals surface area contributed by atoms with Crippen molar-refractivity contribution in [2.24, 2.45) is 0 Å². The maximum Gasteiger partial charge on any atom is 0.0961 e. The molecule has 3 rings (SSSR count). The number of nitrogens with zero attached hydrogens (tertiary/aromatic N) is 2. The van der Waals surface area contributed by atoms with Crippen molar-refractivity contribution < 1.29 is 8.76 Å². The zero-order chi connectivity index (χ0) is 16.6. The van der Waals surface area contributed by atoms with Gasteiger partial charge in [-0.3, -0.25) is 14.3 Å². The lowest BCUT2D eigenvalue weighted by atomic mass is 9.98. The summed E-state index contributed by atoms with van der Waals surface area (Å²) in [4.78, 5) is 4.54. The van der Waals surface area contributed by atoms with E-state index in [0.717, 1.165) is 39.0 Å². The highest BCUT2D eigenvalue weighted by Crippen LogP contribution is 2.32. The van der Waals surface area contributed by atoms with Gasteiger partial charge in [0.1, 0.15) is 0 Å². The average molecular weight is 328 g/mol. The topological polar surface area (TPSA) is 81.7 Å². The van der Waals surface area contributed by atoms with E-state index in [2.05, 4.69) is 29.0 Å². The smallest absolute Gasteiger partial charge is 0.0961 e.